The average molecular weight is 242 g/mol. The maximum atomic E-state index is 11.7. The minimum atomic E-state index is -0.144. The van der Waals surface area contributed by atoms with Crippen LogP contribution in [-0.2, 0) is 4.79 Å². The second-order valence-electron chi connectivity index (χ2n) is 5.73. The van der Waals surface area contributed by atoms with Crippen LogP contribution < -0.4 is 11.1 Å². The van der Waals surface area contributed by atoms with Crippen LogP contribution in [0, 0.1) is 17.8 Å². The van der Waals surface area contributed by atoms with Crippen LogP contribution in [0.3, 0.4) is 0 Å². The average Bonchev–Trinajstić information content (AvgIpc) is 2.21. The van der Waals surface area contributed by atoms with Crippen LogP contribution in [0.5, 0.6) is 0 Å². The van der Waals surface area contributed by atoms with Gasteiger partial charge in [0.15, 0.2) is 0 Å². The first kappa shape index (κ1) is 14.5. The van der Waals surface area contributed by atoms with Gasteiger partial charge in [0, 0.05) is 13.0 Å². The molecule has 0 aromatic rings. The second kappa shape index (κ2) is 6.97. The molecule has 1 aliphatic rings. The number of hydrogen-bond acceptors (Lipinski definition) is 3. The fourth-order valence-corrected chi connectivity index (χ4v) is 2.39. The van der Waals surface area contributed by atoms with Crippen LogP contribution in [0.4, 0.5) is 0 Å². The van der Waals surface area contributed by atoms with Gasteiger partial charge in [-0.15, -0.1) is 0 Å². The summed E-state index contributed by atoms with van der Waals surface area (Å²) in [6.45, 7) is 5.58. The van der Waals surface area contributed by atoms with Gasteiger partial charge in [-0.25, -0.2) is 0 Å². The maximum Gasteiger partial charge on any atom is 0.220 e. The first-order chi connectivity index (χ1) is 8.01. The Labute approximate surface area is 104 Å². The summed E-state index contributed by atoms with van der Waals surface area (Å²) < 4.78 is 0. The molecule has 1 saturated carbocycles. The number of hydrogen-bond donors (Lipinski definition) is 3. The van der Waals surface area contributed by atoms with Crippen molar-refractivity contribution in [1.82, 2.24) is 5.32 Å². The highest BCUT2D eigenvalue weighted by atomic mass is 16.3. The lowest BCUT2D eigenvalue weighted by molar-refractivity contribution is -0.122. The Balaban J connectivity index is 2.14. The predicted octanol–water partition coefficient (Wildman–Crippen LogP) is 0.885. The molecule has 0 aliphatic heterocycles. The Morgan fingerprint density at radius 3 is 2.59 bits per heavy atom. The molecule has 1 rings (SSSR count). The van der Waals surface area contributed by atoms with Crippen molar-refractivity contribution >= 4 is 5.91 Å². The predicted molar refractivity (Wildman–Crippen MR) is 68.4 cm³/mol. The van der Waals surface area contributed by atoms with Gasteiger partial charge in [-0.3, -0.25) is 4.79 Å². The summed E-state index contributed by atoms with van der Waals surface area (Å²) in [5, 5.41) is 12.1. The van der Waals surface area contributed by atoms with E-state index >= 15 is 0 Å². The quantitative estimate of drug-likeness (QED) is 0.620. The topological polar surface area (TPSA) is 75.4 Å². The highest BCUT2D eigenvalue weighted by molar-refractivity contribution is 5.76. The van der Waals surface area contributed by atoms with Crippen LogP contribution in [-0.4, -0.2) is 30.2 Å². The smallest absolute Gasteiger partial charge is 0.220 e. The molecular formula is C13H26N2O2. The van der Waals surface area contributed by atoms with Crippen LogP contribution in [0.15, 0.2) is 0 Å². The summed E-state index contributed by atoms with van der Waals surface area (Å²) in [6, 6.07) is 0. The Morgan fingerprint density at radius 2 is 2.12 bits per heavy atom. The van der Waals surface area contributed by atoms with Gasteiger partial charge in [-0.05, 0) is 43.6 Å². The van der Waals surface area contributed by atoms with Gasteiger partial charge < -0.3 is 16.2 Å². The first-order valence-electron chi connectivity index (χ1n) is 6.66. The Bertz CT molecular complexity index is 238. The molecule has 4 N–H and O–H groups in total. The largest absolute Gasteiger partial charge is 0.393 e. The number of aliphatic hydroxyl groups excluding tert-OH is 1. The van der Waals surface area contributed by atoms with Gasteiger partial charge in [0.2, 0.25) is 5.91 Å². The molecule has 4 nitrogen and oxygen atoms in total. The van der Waals surface area contributed by atoms with Crippen molar-refractivity contribution in [1.29, 1.82) is 0 Å². The van der Waals surface area contributed by atoms with E-state index in [0.717, 1.165) is 19.3 Å². The van der Waals surface area contributed by atoms with Crippen molar-refractivity contribution in [2.45, 2.75) is 45.6 Å². The number of carbonyl (C=O) groups is 1. The minimum absolute atomic E-state index is 0.0995. The number of rotatable bonds is 7. The van der Waals surface area contributed by atoms with E-state index in [2.05, 4.69) is 19.2 Å². The second-order valence-corrected chi connectivity index (χ2v) is 5.73. The van der Waals surface area contributed by atoms with Crippen molar-refractivity contribution < 1.29 is 9.90 Å². The number of carbonyl (C=O) groups excluding carboxylic acids is 1. The third-order valence-electron chi connectivity index (χ3n) is 3.41. The zero-order valence-corrected chi connectivity index (χ0v) is 11.0. The third kappa shape index (κ3) is 5.50. The number of amides is 1. The van der Waals surface area contributed by atoms with Crippen LogP contribution in [0.2, 0.25) is 0 Å². The van der Waals surface area contributed by atoms with Crippen LogP contribution in [0.1, 0.15) is 39.5 Å². The lowest BCUT2D eigenvalue weighted by Crippen LogP contribution is -2.39. The van der Waals surface area contributed by atoms with E-state index in [9.17, 15) is 4.79 Å². The highest BCUT2D eigenvalue weighted by Crippen LogP contribution is 2.26. The molecule has 1 fully saturated rings. The van der Waals surface area contributed by atoms with Gasteiger partial charge in [-0.2, -0.15) is 0 Å². The van der Waals surface area contributed by atoms with Crippen molar-refractivity contribution in [3.05, 3.63) is 0 Å². The molecule has 0 heterocycles. The Morgan fingerprint density at radius 1 is 1.47 bits per heavy atom. The molecule has 0 aromatic carbocycles. The monoisotopic (exact) mass is 242 g/mol. The molecule has 1 aliphatic carbocycles. The van der Waals surface area contributed by atoms with Crippen molar-refractivity contribution in [3.8, 4) is 0 Å². The van der Waals surface area contributed by atoms with Crippen molar-refractivity contribution in [2.24, 2.45) is 23.5 Å². The Kier molecular flexibility index (Phi) is 5.92. The number of nitrogens with two attached hydrogens (primary N) is 1. The van der Waals surface area contributed by atoms with Gasteiger partial charge in [-0.1, -0.05) is 13.8 Å². The van der Waals surface area contributed by atoms with Crippen LogP contribution >= 0.6 is 0 Å². The summed E-state index contributed by atoms with van der Waals surface area (Å²) in [6.07, 6.45) is 3.05. The van der Waals surface area contributed by atoms with E-state index in [1.165, 1.54) is 0 Å². The SMILES string of the molecule is CC(C)C[C@H](CN)CC(=O)NCC1CC(O)C1. The first-order valence-corrected chi connectivity index (χ1v) is 6.66. The van der Waals surface area contributed by atoms with E-state index < -0.39 is 0 Å². The van der Waals surface area contributed by atoms with E-state index in [-0.39, 0.29) is 12.0 Å². The minimum Gasteiger partial charge on any atom is -0.393 e. The highest BCUT2D eigenvalue weighted by Gasteiger charge is 2.27. The van der Waals surface area contributed by atoms with E-state index in [1.807, 2.05) is 0 Å². The zero-order chi connectivity index (χ0) is 12.8. The van der Waals surface area contributed by atoms with E-state index in [4.69, 9.17) is 10.8 Å². The lowest BCUT2D eigenvalue weighted by atomic mass is 9.82. The summed E-state index contributed by atoms with van der Waals surface area (Å²) in [4.78, 5) is 11.7. The standard InChI is InChI=1S/C13H26N2O2/c1-9(2)3-10(7-14)6-13(17)15-8-11-4-12(16)5-11/h9-12,16H,3-8,14H2,1-2H3,(H,15,17)/t10-,11?,12?/m0/s1. The van der Waals surface area contributed by atoms with Gasteiger partial charge in [0.1, 0.15) is 0 Å². The van der Waals surface area contributed by atoms with E-state index in [1.54, 1.807) is 0 Å². The van der Waals surface area contributed by atoms with Gasteiger partial charge >= 0.3 is 0 Å². The molecule has 1 atom stereocenters. The molecule has 0 spiro atoms. The van der Waals surface area contributed by atoms with Crippen molar-refractivity contribution in [3.63, 3.8) is 0 Å². The molecule has 100 valence electrons. The number of nitrogens with one attached hydrogen (secondary N) is 1. The molecule has 0 unspecified atom stereocenters. The lowest BCUT2D eigenvalue weighted by Gasteiger charge is -2.31. The number of aliphatic hydroxyl groups is 1. The summed E-state index contributed by atoms with van der Waals surface area (Å²) in [5.74, 6) is 1.44. The van der Waals surface area contributed by atoms with Crippen molar-refractivity contribution in [2.75, 3.05) is 13.1 Å². The third-order valence-corrected chi connectivity index (χ3v) is 3.41. The summed E-state index contributed by atoms with van der Waals surface area (Å²) >= 11 is 0. The molecule has 0 aromatic heterocycles. The molecule has 1 amide bonds. The molecule has 0 saturated heterocycles. The van der Waals surface area contributed by atoms with E-state index in [0.29, 0.717) is 37.3 Å². The molecule has 0 bridgehead atoms. The summed E-state index contributed by atoms with van der Waals surface area (Å²) in [7, 11) is 0. The maximum absolute atomic E-state index is 11.7. The molecule has 4 heteroatoms. The van der Waals surface area contributed by atoms with Gasteiger partial charge in [0.25, 0.3) is 0 Å². The zero-order valence-electron chi connectivity index (χ0n) is 11.0. The Hall–Kier alpha value is -0.610. The van der Waals surface area contributed by atoms with Gasteiger partial charge in [0.05, 0.1) is 6.10 Å². The molecular weight excluding hydrogens is 216 g/mol. The molecule has 0 radical (unpaired) electrons. The normalized spacial score (nSPS) is 25.5. The fraction of sp³-hybridized carbons (Fsp3) is 0.923. The fourth-order valence-electron chi connectivity index (χ4n) is 2.39. The van der Waals surface area contributed by atoms with Crippen LogP contribution in [0.25, 0.3) is 0 Å². The summed E-state index contributed by atoms with van der Waals surface area (Å²) in [5.41, 5.74) is 5.67. The molecule has 17 heavy (non-hydrogen) atoms.